The smallest absolute Gasteiger partial charge is 0.255 e. The van der Waals surface area contributed by atoms with Crippen LogP contribution in [0, 0.1) is 0 Å². The predicted molar refractivity (Wildman–Crippen MR) is 126 cm³/mol. The molecule has 1 fully saturated rings. The van der Waals surface area contributed by atoms with Crippen molar-refractivity contribution in [3.63, 3.8) is 0 Å². The Hall–Kier alpha value is -1.88. The van der Waals surface area contributed by atoms with Gasteiger partial charge in [0.15, 0.2) is 9.84 Å². The molecule has 1 aliphatic rings. The van der Waals surface area contributed by atoms with Gasteiger partial charge in [-0.05, 0) is 68.3 Å². The highest BCUT2D eigenvalue weighted by Gasteiger charge is 2.25. The fourth-order valence-electron chi connectivity index (χ4n) is 3.66. The molecule has 3 rings (SSSR count). The molecule has 174 valence electrons. The lowest BCUT2D eigenvalue weighted by Gasteiger charge is -2.27. The van der Waals surface area contributed by atoms with Gasteiger partial charge in [0, 0.05) is 30.3 Å². The molecule has 1 atom stereocenters. The quantitative estimate of drug-likeness (QED) is 0.589. The van der Waals surface area contributed by atoms with Crippen molar-refractivity contribution in [1.82, 2.24) is 9.62 Å². The molecule has 0 spiro atoms. The van der Waals surface area contributed by atoms with Crippen LogP contribution < -0.4 is 4.72 Å². The van der Waals surface area contributed by atoms with Crippen molar-refractivity contribution < 1.29 is 21.6 Å². The van der Waals surface area contributed by atoms with Gasteiger partial charge in [-0.15, -0.1) is 11.8 Å². The van der Waals surface area contributed by atoms with Crippen molar-refractivity contribution in [1.29, 1.82) is 0 Å². The van der Waals surface area contributed by atoms with Crippen molar-refractivity contribution in [3.05, 3.63) is 53.6 Å². The molecule has 2 aromatic rings. The largest absolute Gasteiger partial charge is 0.339 e. The third-order valence-electron chi connectivity index (χ3n) is 5.50. The van der Waals surface area contributed by atoms with E-state index in [1.165, 1.54) is 36.0 Å². The van der Waals surface area contributed by atoms with E-state index in [4.69, 9.17) is 0 Å². The molecule has 1 aliphatic heterocycles. The standard InChI is InChI=1S/C22H28N2O5S3/c1-16(17-7-9-18(10-8-17)31(3,26)27)23-32(28,29)19-11-12-21(30-2)20(15-19)22(25)24-13-5-4-6-14-24/h7-12,15-16,23H,4-6,13-14H2,1-3H3. The van der Waals surface area contributed by atoms with E-state index >= 15 is 0 Å². The Morgan fingerprint density at radius 1 is 0.969 bits per heavy atom. The van der Waals surface area contributed by atoms with Gasteiger partial charge < -0.3 is 4.90 Å². The van der Waals surface area contributed by atoms with Crippen molar-refractivity contribution in [3.8, 4) is 0 Å². The van der Waals surface area contributed by atoms with Crippen molar-refractivity contribution in [2.45, 2.75) is 46.9 Å². The number of thioether (sulfide) groups is 1. The summed E-state index contributed by atoms with van der Waals surface area (Å²) in [6.07, 6.45) is 5.98. The van der Waals surface area contributed by atoms with Gasteiger partial charge >= 0.3 is 0 Å². The van der Waals surface area contributed by atoms with Crippen LogP contribution in [0.3, 0.4) is 0 Å². The van der Waals surface area contributed by atoms with E-state index in [9.17, 15) is 21.6 Å². The van der Waals surface area contributed by atoms with Crippen LogP contribution in [-0.2, 0) is 19.9 Å². The summed E-state index contributed by atoms with van der Waals surface area (Å²) >= 11 is 1.41. The second kappa shape index (κ2) is 9.94. The van der Waals surface area contributed by atoms with Crippen LogP contribution in [0.2, 0.25) is 0 Å². The number of benzene rings is 2. The molecule has 7 nitrogen and oxygen atoms in total. The summed E-state index contributed by atoms with van der Waals surface area (Å²) in [6, 6.07) is 10.1. The molecular weight excluding hydrogens is 468 g/mol. The van der Waals surface area contributed by atoms with E-state index in [2.05, 4.69) is 4.72 Å². The van der Waals surface area contributed by atoms with E-state index in [0.717, 1.165) is 30.4 Å². The zero-order chi connectivity index (χ0) is 23.5. The molecule has 1 N–H and O–H groups in total. The Morgan fingerprint density at radius 3 is 2.12 bits per heavy atom. The monoisotopic (exact) mass is 496 g/mol. The summed E-state index contributed by atoms with van der Waals surface area (Å²) in [5, 5.41) is 0. The molecule has 0 radical (unpaired) electrons. The topological polar surface area (TPSA) is 101 Å². The molecule has 0 bridgehead atoms. The number of carbonyl (C=O) groups is 1. The third-order valence-corrected chi connectivity index (χ3v) is 8.96. The third kappa shape index (κ3) is 5.72. The lowest BCUT2D eigenvalue weighted by Crippen LogP contribution is -2.36. The van der Waals surface area contributed by atoms with E-state index in [1.807, 2.05) is 6.26 Å². The van der Waals surface area contributed by atoms with Gasteiger partial charge in [0.25, 0.3) is 5.91 Å². The maximum atomic E-state index is 13.1. The second-order valence-electron chi connectivity index (χ2n) is 7.90. The van der Waals surface area contributed by atoms with Crippen LogP contribution in [0.5, 0.6) is 0 Å². The number of sulfonamides is 1. The molecule has 0 aliphatic carbocycles. The number of nitrogens with zero attached hydrogens (tertiary/aromatic N) is 1. The van der Waals surface area contributed by atoms with Crippen molar-refractivity contribution in [2.75, 3.05) is 25.6 Å². The van der Waals surface area contributed by atoms with Crippen LogP contribution in [0.25, 0.3) is 0 Å². The molecule has 1 heterocycles. The lowest BCUT2D eigenvalue weighted by molar-refractivity contribution is 0.0720. The minimum absolute atomic E-state index is 0.0234. The average molecular weight is 497 g/mol. The predicted octanol–water partition coefficient (Wildman–Crippen LogP) is 3.48. The molecule has 32 heavy (non-hydrogen) atoms. The van der Waals surface area contributed by atoms with Crippen LogP contribution >= 0.6 is 11.8 Å². The normalized spacial score (nSPS) is 16.0. The lowest BCUT2D eigenvalue weighted by atomic mass is 10.1. The fraction of sp³-hybridized carbons (Fsp3) is 0.409. The maximum absolute atomic E-state index is 13.1. The molecule has 1 unspecified atom stereocenters. The molecular formula is C22H28N2O5S3. The molecule has 1 amide bonds. The number of carbonyl (C=O) groups excluding carboxylic acids is 1. The first-order chi connectivity index (χ1) is 15.0. The van der Waals surface area contributed by atoms with E-state index in [1.54, 1.807) is 30.0 Å². The molecule has 1 saturated heterocycles. The number of hydrogen-bond donors (Lipinski definition) is 1. The summed E-state index contributed by atoms with van der Waals surface area (Å²) in [5.74, 6) is -0.143. The van der Waals surface area contributed by atoms with Crippen LogP contribution in [0.1, 0.15) is 48.1 Å². The first-order valence-corrected chi connectivity index (χ1v) is 14.9. The summed E-state index contributed by atoms with van der Waals surface area (Å²) in [6.45, 7) is 3.05. The van der Waals surface area contributed by atoms with E-state index < -0.39 is 25.9 Å². The minimum Gasteiger partial charge on any atom is -0.339 e. The van der Waals surface area contributed by atoms with Crippen molar-refractivity contribution in [2.24, 2.45) is 0 Å². The highest BCUT2D eigenvalue weighted by atomic mass is 32.2. The maximum Gasteiger partial charge on any atom is 0.255 e. The minimum atomic E-state index is -3.91. The number of rotatable bonds is 7. The molecule has 10 heteroatoms. The molecule has 2 aromatic carbocycles. The molecule has 0 aromatic heterocycles. The highest BCUT2D eigenvalue weighted by molar-refractivity contribution is 7.98. The van der Waals surface area contributed by atoms with E-state index in [-0.39, 0.29) is 15.7 Å². The number of likely N-dealkylation sites (tertiary alicyclic amines) is 1. The number of sulfone groups is 1. The Bertz CT molecular complexity index is 1190. The first kappa shape index (κ1) is 24.8. The van der Waals surface area contributed by atoms with Crippen LogP contribution in [-0.4, -0.2) is 53.2 Å². The summed E-state index contributed by atoms with van der Waals surface area (Å²) in [5.41, 5.74) is 1.03. The van der Waals surface area contributed by atoms with Gasteiger partial charge in [-0.1, -0.05) is 12.1 Å². The van der Waals surface area contributed by atoms with Gasteiger partial charge in [0.05, 0.1) is 15.4 Å². The summed E-state index contributed by atoms with van der Waals surface area (Å²) in [7, 11) is -7.24. The zero-order valence-electron chi connectivity index (χ0n) is 18.4. The Morgan fingerprint density at radius 2 is 1.56 bits per heavy atom. The molecule has 0 saturated carbocycles. The first-order valence-electron chi connectivity index (χ1n) is 10.3. The van der Waals surface area contributed by atoms with E-state index in [0.29, 0.717) is 24.2 Å². The van der Waals surface area contributed by atoms with Crippen molar-refractivity contribution >= 4 is 37.5 Å². The number of amides is 1. The van der Waals surface area contributed by atoms with Crippen LogP contribution in [0.4, 0.5) is 0 Å². The summed E-state index contributed by atoms with van der Waals surface area (Å²) in [4.78, 5) is 15.8. The second-order valence-corrected chi connectivity index (χ2v) is 12.5. The van der Waals surface area contributed by atoms with Crippen LogP contribution in [0.15, 0.2) is 57.2 Å². The van der Waals surface area contributed by atoms with Gasteiger partial charge in [-0.3, -0.25) is 4.79 Å². The SMILES string of the molecule is CSc1ccc(S(=O)(=O)NC(C)c2ccc(S(C)(=O)=O)cc2)cc1C(=O)N1CCCCC1. The Kier molecular flexibility index (Phi) is 7.69. The van der Waals surface area contributed by atoms with Gasteiger partial charge in [-0.2, -0.15) is 0 Å². The Labute approximate surface area is 194 Å². The highest BCUT2D eigenvalue weighted by Crippen LogP contribution is 2.27. The Balaban J connectivity index is 1.85. The summed E-state index contributed by atoms with van der Waals surface area (Å²) < 4.78 is 52.0. The number of piperidine rings is 1. The average Bonchev–Trinajstić information content (AvgIpc) is 2.78. The van der Waals surface area contributed by atoms with Gasteiger partial charge in [0.1, 0.15) is 0 Å². The fourth-order valence-corrected chi connectivity index (χ4v) is 6.12. The zero-order valence-corrected chi connectivity index (χ0v) is 20.8. The van der Waals surface area contributed by atoms with Gasteiger partial charge in [-0.25, -0.2) is 21.6 Å². The number of hydrogen-bond acceptors (Lipinski definition) is 6. The number of nitrogens with one attached hydrogen (secondary N) is 1. The van der Waals surface area contributed by atoms with Gasteiger partial charge in [0.2, 0.25) is 10.0 Å².